The van der Waals surface area contributed by atoms with E-state index >= 15 is 0 Å². The third kappa shape index (κ3) is 2.83. The number of thiophene rings is 1. The van der Waals surface area contributed by atoms with Crippen molar-refractivity contribution in [2.75, 3.05) is 13.7 Å². The molecule has 1 aromatic carbocycles. The minimum Gasteiger partial charge on any atom is -0.497 e. The molecule has 1 amide bonds. The van der Waals surface area contributed by atoms with Crippen LogP contribution in [0.25, 0.3) is 10.1 Å². The van der Waals surface area contributed by atoms with Crippen molar-refractivity contribution in [1.29, 1.82) is 0 Å². The van der Waals surface area contributed by atoms with Crippen molar-refractivity contribution in [2.24, 2.45) is 0 Å². The first-order chi connectivity index (χ1) is 10.6. The van der Waals surface area contributed by atoms with Crippen LogP contribution in [0.4, 0.5) is 0 Å². The van der Waals surface area contributed by atoms with E-state index in [4.69, 9.17) is 4.74 Å². The van der Waals surface area contributed by atoms with Crippen LogP contribution in [0.5, 0.6) is 5.75 Å². The second-order valence-corrected chi connectivity index (χ2v) is 6.94. The number of nitrogens with one attached hydrogen (secondary N) is 2. The number of hydrogen-bond donors (Lipinski definition) is 2. The van der Waals surface area contributed by atoms with Gasteiger partial charge in [0, 0.05) is 16.8 Å². The van der Waals surface area contributed by atoms with E-state index in [9.17, 15) is 4.79 Å². The second kappa shape index (κ2) is 6.26. The van der Waals surface area contributed by atoms with Crippen molar-refractivity contribution in [3.05, 3.63) is 28.6 Å². The van der Waals surface area contributed by atoms with E-state index in [-0.39, 0.29) is 11.9 Å². The zero-order chi connectivity index (χ0) is 15.7. The Labute approximate surface area is 134 Å². The topological polar surface area (TPSA) is 50.4 Å². The Bertz CT molecular complexity index is 695. The number of piperidine rings is 1. The molecule has 2 N–H and O–H groups in total. The van der Waals surface area contributed by atoms with E-state index in [0.29, 0.717) is 6.04 Å². The molecule has 0 aliphatic carbocycles. The summed E-state index contributed by atoms with van der Waals surface area (Å²) in [5, 5.41) is 7.71. The molecule has 2 atom stereocenters. The predicted molar refractivity (Wildman–Crippen MR) is 91.1 cm³/mol. The first-order valence-corrected chi connectivity index (χ1v) is 8.53. The Morgan fingerprint density at radius 3 is 3.00 bits per heavy atom. The lowest BCUT2D eigenvalue weighted by Crippen LogP contribution is -2.51. The lowest BCUT2D eigenvalue weighted by Gasteiger charge is -2.30. The fourth-order valence-electron chi connectivity index (χ4n) is 3.02. The maximum atomic E-state index is 12.6. The van der Waals surface area contributed by atoms with Gasteiger partial charge < -0.3 is 15.4 Å². The monoisotopic (exact) mass is 318 g/mol. The Hall–Kier alpha value is -1.59. The van der Waals surface area contributed by atoms with Crippen molar-refractivity contribution in [3.63, 3.8) is 0 Å². The van der Waals surface area contributed by atoms with E-state index in [1.807, 2.05) is 25.1 Å². The van der Waals surface area contributed by atoms with Gasteiger partial charge in [0.15, 0.2) is 0 Å². The fourth-order valence-corrected chi connectivity index (χ4v) is 4.11. The predicted octanol–water partition coefficient (Wildman–Crippen LogP) is 3.09. The van der Waals surface area contributed by atoms with Crippen LogP contribution in [-0.2, 0) is 0 Å². The number of amides is 1. The molecule has 5 heteroatoms. The number of carbonyl (C=O) groups is 1. The number of fused-ring (bicyclic) bond motifs is 1. The average Bonchev–Trinajstić information content (AvgIpc) is 2.86. The first-order valence-electron chi connectivity index (χ1n) is 7.71. The minimum atomic E-state index is 0.0400. The molecule has 118 valence electrons. The van der Waals surface area contributed by atoms with Crippen molar-refractivity contribution in [3.8, 4) is 5.75 Å². The first kappa shape index (κ1) is 15.3. The van der Waals surface area contributed by atoms with Crippen LogP contribution in [0.3, 0.4) is 0 Å². The summed E-state index contributed by atoms with van der Waals surface area (Å²) in [6.07, 6.45) is 2.15. The molecule has 2 unspecified atom stereocenters. The summed E-state index contributed by atoms with van der Waals surface area (Å²) < 4.78 is 6.40. The summed E-state index contributed by atoms with van der Waals surface area (Å²) in [5.41, 5.74) is 1.04. The Morgan fingerprint density at radius 1 is 1.45 bits per heavy atom. The summed E-state index contributed by atoms with van der Waals surface area (Å²) in [6, 6.07) is 6.50. The molecule has 1 saturated heterocycles. The molecular formula is C17H22N2O2S. The van der Waals surface area contributed by atoms with Crippen molar-refractivity contribution >= 4 is 27.3 Å². The zero-order valence-corrected chi connectivity index (χ0v) is 14.0. The number of ether oxygens (including phenoxy) is 1. The molecule has 1 aliphatic heterocycles. The van der Waals surface area contributed by atoms with E-state index < -0.39 is 0 Å². The molecule has 4 nitrogen and oxygen atoms in total. The molecular weight excluding hydrogens is 296 g/mol. The van der Waals surface area contributed by atoms with Crippen LogP contribution in [-0.4, -0.2) is 31.6 Å². The highest BCUT2D eigenvalue weighted by molar-refractivity contribution is 7.21. The Balaban J connectivity index is 1.86. The van der Waals surface area contributed by atoms with Gasteiger partial charge in [0.1, 0.15) is 5.75 Å². The quantitative estimate of drug-likeness (QED) is 0.914. The highest BCUT2D eigenvalue weighted by atomic mass is 32.1. The second-order valence-electron chi connectivity index (χ2n) is 5.88. The Morgan fingerprint density at radius 2 is 2.27 bits per heavy atom. The number of benzene rings is 1. The average molecular weight is 318 g/mol. The lowest BCUT2D eigenvalue weighted by atomic mass is 9.99. The highest BCUT2D eigenvalue weighted by Crippen LogP contribution is 2.33. The summed E-state index contributed by atoms with van der Waals surface area (Å²) in [7, 11) is 1.66. The van der Waals surface area contributed by atoms with Crippen LogP contribution in [0.15, 0.2) is 18.2 Å². The van der Waals surface area contributed by atoms with Crippen molar-refractivity contribution in [1.82, 2.24) is 10.6 Å². The molecule has 2 heterocycles. The highest BCUT2D eigenvalue weighted by Gasteiger charge is 2.24. The van der Waals surface area contributed by atoms with Gasteiger partial charge in [0.25, 0.3) is 5.91 Å². The van der Waals surface area contributed by atoms with Crippen LogP contribution >= 0.6 is 11.3 Å². The van der Waals surface area contributed by atoms with Gasteiger partial charge in [-0.3, -0.25) is 4.79 Å². The Kier molecular flexibility index (Phi) is 4.36. The standard InChI is InChI=1S/C17H22N2O2S/c1-10-13-9-12(21-3)6-7-15(13)22-16(10)17(20)19-14-5-4-8-18-11(14)2/h6-7,9,11,14,18H,4-5,8H2,1-3H3,(H,19,20). The van der Waals surface area contributed by atoms with Crippen molar-refractivity contribution in [2.45, 2.75) is 38.8 Å². The van der Waals surface area contributed by atoms with E-state index in [1.165, 1.54) is 0 Å². The van der Waals surface area contributed by atoms with Crippen molar-refractivity contribution < 1.29 is 9.53 Å². The lowest BCUT2D eigenvalue weighted by molar-refractivity contribution is 0.0923. The smallest absolute Gasteiger partial charge is 0.261 e. The van der Waals surface area contributed by atoms with Gasteiger partial charge in [-0.25, -0.2) is 0 Å². The molecule has 1 aliphatic rings. The van der Waals surface area contributed by atoms with E-state index in [1.54, 1.807) is 18.4 Å². The van der Waals surface area contributed by atoms with Crippen LogP contribution in [0, 0.1) is 6.92 Å². The maximum Gasteiger partial charge on any atom is 0.261 e. The molecule has 1 fully saturated rings. The molecule has 0 spiro atoms. The number of carbonyl (C=O) groups excluding carboxylic acids is 1. The molecule has 0 radical (unpaired) electrons. The normalized spacial score (nSPS) is 21.8. The summed E-state index contributed by atoms with van der Waals surface area (Å²) in [4.78, 5) is 13.5. The van der Waals surface area contributed by atoms with Gasteiger partial charge in [0.05, 0.1) is 12.0 Å². The summed E-state index contributed by atoms with van der Waals surface area (Å²) in [5.74, 6) is 0.865. The third-order valence-electron chi connectivity index (χ3n) is 4.43. The summed E-state index contributed by atoms with van der Waals surface area (Å²) >= 11 is 1.55. The zero-order valence-electron chi connectivity index (χ0n) is 13.2. The molecule has 1 aromatic heterocycles. The molecule has 2 aromatic rings. The molecule has 22 heavy (non-hydrogen) atoms. The van der Waals surface area contributed by atoms with E-state index in [0.717, 1.165) is 45.7 Å². The number of aryl methyl sites for hydroxylation is 1. The van der Waals surface area contributed by atoms with Crippen LogP contribution in [0.2, 0.25) is 0 Å². The fraction of sp³-hybridized carbons (Fsp3) is 0.471. The molecule has 0 saturated carbocycles. The van der Waals surface area contributed by atoms with Gasteiger partial charge in [-0.15, -0.1) is 11.3 Å². The van der Waals surface area contributed by atoms with Gasteiger partial charge >= 0.3 is 0 Å². The molecule has 3 rings (SSSR count). The maximum absolute atomic E-state index is 12.6. The summed E-state index contributed by atoms with van der Waals surface area (Å²) in [6.45, 7) is 5.18. The largest absolute Gasteiger partial charge is 0.497 e. The van der Waals surface area contributed by atoms with Gasteiger partial charge in [-0.1, -0.05) is 0 Å². The van der Waals surface area contributed by atoms with Gasteiger partial charge in [-0.2, -0.15) is 0 Å². The number of methoxy groups -OCH3 is 1. The minimum absolute atomic E-state index is 0.0400. The van der Waals surface area contributed by atoms with Gasteiger partial charge in [-0.05, 0) is 62.4 Å². The SMILES string of the molecule is COc1ccc2sc(C(=O)NC3CCCNC3C)c(C)c2c1. The third-order valence-corrected chi connectivity index (χ3v) is 5.70. The number of rotatable bonds is 3. The van der Waals surface area contributed by atoms with Gasteiger partial charge in [0.2, 0.25) is 0 Å². The molecule has 0 bridgehead atoms. The van der Waals surface area contributed by atoms with Crippen LogP contribution < -0.4 is 15.4 Å². The number of hydrogen-bond acceptors (Lipinski definition) is 4. The van der Waals surface area contributed by atoms with E-state index in [2.05, 4.69) is 17.6 Å². The van der Waals surface area contributed by atoms with Crippen LogP contribution in [0.1, 0.15) is 35.0 Å².